The highest BCUT2D eigenvalue weighted by molar-refractivity contribution is 5.88. The smallest absolute Gasteiger partial charge is 0.335 e. The van der Waals surface area contributed by atoms with Crippen LogP contribution < -0.4 is 4.90 Å². The second-order valence-corrected chi connectivity index (χ2v) is 3.69. The van der Waals surface area contributed by atoms with Crippen LogP contribution in [0.2, 0.25) is 0 Å². The maximum absolute atomic E-state index is 13.7. The van der Waals surface area contributed by atoms with E-state index in [1.54, 1.807) is 0 Å². The summed E-state index contributed by atoms with van der Waals surface area (Å²) in [6.07, 6.45) is 0. The second kappa shape index (κ2) is 4.67. The SMILES string of the molecule is O=C(O)c1cc(F)c(N2CCOCC2)c(F)c1. The van der Waals surface area contributed by atoms with Gasteiger partial charge in [0.05, 0.1) is 18.8 Å². The van der Waals surface area contributed by atoms with Gasteiger partial charge in [0.2, 0.25) is 0 Å². The van der Waals surface area contributed by atoms with E-state index in [4.69, 9.17) is 9.84 Å². The highest BCUT2D eigenvalue weighted by atomic mass is 19.1. The number of carboxylic acid groups (broad SMARTS) is 1. The van der Waals surface area contributed by atoms with E-state index in [0.717, 1.165) is 12.1 Å². The molecule has 1 aliphatic rings. The van der Waals surface area contributed by atoms with E-state index in [9.17, 15) is 13.6 Å². The second-order valence-electron chi connectivity index (χ2n) is 3.69. The average Bonchev–Trinajstić information content (AvgIpc) is 2.29. The van der Waals surface area contributed by atoms with Gasteiger partial charge < -0.3 is 14.7 Å². The van der Waals surface area contributed by atoms with Gasteiger partial charge in [0, 0.05) is 13.1 Å². The number of aromatic carboxylic acids is 1. The van der Waals surface area contributed by atoms with Crippen molar-refractivity contribution in [2.24, 2.45) is 0 Å². The standard InChI is InChI=1S/C11H11F2NO3/c12-8-5-7(11(15)16)6-9(13)10(8)14-1-3-17-4-2-14/h5-6H,1-4H2,(H,15,16). The zero-order valence-electron chi connectivity index (χ0n) is 8.95. The van der Waals surface area contributed by atoms with Crippen LogP contribution in [0.15, 0.2) is 12.1 Å². The first kappa shape index (κ1) is 11.8. The Hall–Kier alpha value is -1.69. The fourth-order valence-corrected chi connectivity index (χ4v) is 1.78. The average molecular weight is 243 g/mol. The third kappa shape index (κ3) is 2.36. The van der Waals surface area contributed by atoms with Gasteiger partial charge in [0.1, 0.15) is 17.3 Å². The minimum atomic E-state index is -1.35. The first-order chi connectivity index (χ1) is 8.09. The zero-order valence-corrected chi connectivity index (χ0v) is 8.95. The number of morpholine rings is 1. The summed E-state index contributed by atoms with van der Waals surface area (Å²) in [7, 11) is 0. The van der Waals surface area contributed by atoms with E-state index in [-0.39, 0.29) is 5.69 Å². The molecule has 1 aromatic carbocycles. The molecule has 6 heteroatoms. The van der Waals surface area contributed by atoms with Gasteiger partial charge in [-0.05, 0) is 12.1 Å². The number of carbonyl (C=O) groups is 1. The monoisotopic (exact) mass is 243 g/mol. The molecule has 1 aliphatic heterocycles. The Labute approximate surface area is 96.4 Å². The molecule has 4 nitrogen and oxygen atoms in total. The fraction of sp³-hybridized carbons (Fsp3) is 0.364. The van der Waals surface area contributed by atoms with E-state index in [0.29, 0.717) is 26.3 Å². The van der Waals surface area contributed by atoms with E-state index < -0.39 is 23.2 Å². The fourth-order valence-electron chi connectivity index (χ4n) is 1.78. The van der Waals surface area contributed by atoms with Crippen molar-refractivity contribution in [3.05, 3.63) is 29.3 Å². The molecule has 0 bridgehead atoms. The van der Waals surface area contributed by atoms with Crippen LogP contribution in [0.1, 0.15) is 10.4 Å². The largest absolute Gasteiger partial charge is 0.478 e. The number of ether oxygens (including phenoxy) is 1. The summed E-state index contributed by atoms with van der Waals surface area (Å²) >= 11 is 0. The highest BCUT2D eigenvalue weighted by Gasteiger charge is 2.21. The Morgan fingerprint density at radius 3 is 2.24 bits per heavy atom. The van der Waals surface area contributed by atoms with Gasteiger partial charge in [-0.15, -0.1) is 0 Å². The molecule has 1 fully saturated rings. The lowest BCUT2D eigenvalue weighted by Crippen LogP contribution is -2.37. The summed E-state index contributed by atoms with van der Waals surface area (Å²) in [6, 6.07) is 1.66. The van der Waals surface area contributed by atoms with Crippen LogP contribution in [-0.4, -0.2) is 37.4 Å². The molecule has 0 saturated carbocycles. The van der Waals surface area contributed by atoms with Gasteiger partial charge in [-0.1, -0.05) is 0 Å². The molecule has 1 N–H and O–H groups in total. The van der Waals surface area contributed by atoms with Crippen LogP contribution in [-0.2, 0) is 4.74 Å². The molecule has 0 spiro atoms. The first-order valence-electron chi connectivity index (χ1n) is 5.14. The number of rotatable bonds is 2. The number of benzene rings is 1. The van der Waals surface area contributed by atoms with Gasteiger partial charge in [0.25, 0.3) is 0 Å². The molecule has 92 valence electrons. The molecule has 0 unspecified atom stereocenters. The maximum Gasteiger partial charge on any atom is 0.335 e. The number of hydrogen-bond donors (Lipinski definition) is 1. The summed E-state index contributed by atoms with van der Waals surface area (Å²) in [6.45, 7) is 1.58. The summed E-state index contributed by atoms with van der Waals surface area (Å²) in [5.74, 6) is -3.06. The molecule has 2 rings (SSSR count). The van der Waals surface area contributed by atoms with Crippen molar-refractivity contribution in [1.29, 1.82) is 0 Å². The van der Waals surface area contributed by atoms with Gasteiger partial charge in [-0.3, -0.25) is 0 Å². The summed E-state index contributed by atoms with van der Waals surface area (Å²) in [5.41, 5.74) is -0.574. The molecule has 0 amide bonds. The lowest BCUT2D eigenvalue weighted by atomic mass is 10.1. The molecular weight excluding hydrogens is 232 g/mol. The predicted octanol–water partition coefficient (Wildman–Crippen LogP) is 1.50. The molecule has 1 saturated heterocycles. The summed E-state index contributed by atoms with van der Waals surface area (Å²) in [5, 5.41) is 8.67. The van der Waals surface area contributed by atoms with Gasteiger partial charge >= 0.3 is 5.97 Å². The van der Waals surface area contributed by atoms with Crippen LogP contribution in [0.4, 0.5) is 14.5 Å². The van der Waals surface area contributed by atoms with Crippen molar-refractivity contribution in [2.75, 3.05) is 31.2 Å². The lowest BCUT2D eigenvalue weighted by Gasteiger charge is -2.29. The Kier molecular flexibility index (Phi) is 3.23. The van der Waals surface area contributed by atoms with E-state index in [2.05, 4.69) is 0 Å². The zero-order chi connectivity index (χ0) is 12.4. The van der Waals surface area contributed by atoms with Crippen LogP contribution >= 0.6 is 0 Å². The molecule has 0 aliphatic carbocycles. The Morgan fingerprint density at radius 1 is 1.24 bits per heavy atom. The predicted molar refractivity (Wildman–Crippen MR) is 56.3 cm³/mol. The van der Waals surface area contributed by atoms with Crippen molar-refractivity contribution in [3.63, 3.8) is 0 Å². The third-order valence-corrected chi connectivity index (χ3v) is 2.59. The quantitative estimate of drug-likeness (QED) is 0.855. The summed E-state index contributed by atoms with van der Waals surface area (Å²) in [4.78, 5) is 12.1. The molecular formula is C11H11F2NO3. The Morgan fingerprint density at radius 2 is 1.76 bits per heavy atom. The molecule has 1 aromatic rings. The molecule has 0 aromatic heterocycles. The van der Waals surface area contributed by atoms with Crippen LogP contribution in [0, 0.1) is 11.6 Å². The lowest BCUT2D eigenvalue weighted by molar-refractivity contribution is 0.0695. The number of anilines is 1. The topological polar surface area (TPSA) is 49.8 Å². The number of hydrogen-bond acceptors (Lipinski definition) is 3. The van der Waals surface area contributed by atoms with Crippen LogP contribution in [0.3, 0.4) is 0 Å². The Bertz CT molecular complexity index is 421. The van der Waals surface area contributed by atoms with Crippen LogP contribution in [0.25, 0.3) is 0 Å². The highest BCUT2D eigenvalue weighted by Crippen LogP contribution is 2.25. The van der Waals surface area contributed by atoms with Crippen molar-refractivity contribution in [3.8, 4) is 0 Å². The molecule has 17 heavy (non-hydrogen) atoms. The van der Waals surface area contributed by atoms with E-state index in [1.165, 1.54) is 4.90 Å². The molecule has 0 radical (unpaired) electrons. The summed E-state index contributed by atoms with van der Waals surface area (Å²) < 4.78 is 32.4. The minimum absolute atomic E-state index is 0.182. The number of halogens is 2. The van der Waals surface area contributed by atoms with Crippen molar-refractivity contribution in [1.82, 2.24) is 0 Å². The van der Waals surface area contributed by atoms with Gasteiger partial charge in [0.15, 0.2) is 0 Å². The maximum atomic E-state index is 13.7. The van der Waals surface area contributed by atoms with Crippen molar-refractivity contribution >= 4 is 11.7 Å². The normalized spacial score (nSPS) is 16.0. The van der Waals surface area contributed by atoms with Gasteiger partial charge in [-0.25, -0.2) is 13.6 Å². The van der Waals surface area contributed by atoms with E-state index >= 15 is 0 Å². The van der Waals surface area contributed by atoms with Crippen LogP contribution in [0.5, 0.6) is 0 Å². The third-order valence-electron chi connectivity index (χ3n) is 2.59. The van der Waals surface area contributed by atoms with Crippen molar-refractivity contribution in [2.45, 2.75) is 0 Å². The Balaban J connectivity index is 2.37. The van der Waals surface area contributed by atoms with Gasteiger partial charge in [-0.2, -0.15) is 0 Å². The molecule has 0 atom stereocenters. The van der Waals surface area contributed by atoms with Crippen molar-refractivity contribution < 1.29 is 23.4 Å². The number of nitrogens with zero attached hydrogens (tertiary/aromatic N) is 1. The first-order valence-corrected chi connectivity index (χ1v) is 5.14. The molecule has 1 heterocycles. The number of carboxylic acids is 1. The van der Waals surface area contributed by atoms with E-state index in [1.807, 2.05) is 0 Å². The minimum Gasteiger partial charge on any atom is -0.478 e.